The van der Waals surface area contributed by atoms with Gasteiger partial charge in [-0.05, 0) is 62.2 Å². The summed E-state index contributed by atoms with van der Waals surface area (Å²) in [6, 6.07) is 2.43. The van der Waals surface area contributed by atoms with Crippen molar-refractivity contribution in [3.05, 3.63) is 0 Å². The summed E-state index contributed by atoms with van der Waals surface area (Å²) in [7, 11) is 0. The Morgan fingerprint density at radius 2 is 1.17 bits per heavy atom. The van der Waals surface area contributed by atoms with Gasteiger partial charge >= 0.3 is 29.6 Å². The first-order valence-electron chi connectivity index (χ1n) is 14.4. The molecule has 0 aromatic rings. The fourth-order valence-corrected chi connectivity index (χ4v) is 4.05. The van der Waals surface area contributed by atoms with Crippen LogP contribution in [0.2, 0.25) is 0 Å². The van der Waals surface area contributed by atoms with Crippen molar-refractivity contribution in [2.24, 2.45) is 11.8 Å². The average molecular weight is 576 g/mol. The first kappa shape index (κ1) is 41.0. The molecule has 0 fully saturated rings. The number of ether oxygens (including phenoxy) is 1. The van der Waals surface area contributed by atoms with Crippen molar-refractivity contribution in [3.63, 3.8) is 0 Å². The number of amides is 1. The number of unbranched alkanes of at least 4 members (excludes halogenated alkanes) is 9. The van der Waals surface area contributed by atoms with E-state index in [1.165, 1.54) is 51.9 Å². The molecule has 0 saturated carbocycles. The van der Waals surface area contributed by atoms with Crippen molar-refractivity contribution >= 4 is 11.9 Å². The number of carbonyl (C=O) groups is 2. The fraction of sp³-hybridized carbons (Fsp3) is 0.556. The van der Waals surface area contributed by atoms with Gasteiger partial charge in [-0.15, -0.1) is 0 Å². The number of hydrogen-bond acceptors (Lipinski definition) is 4. The van der Waals surface area contributed by atoms with Gasteiger partial charge in [-0.25, -0.2) is 0 Å². The molecule has 0 bridgehead atoms. The Hall–Kier alpha value is -3.18. The van der Waals surface area contributed by atoms with Crippen LogP contribution in [0.5, 0.6) is 0 Å². The zero-order valence-electron chi connectivity index (χ0n) is 26.3. The second-order valence-electron chi connectivity index (χ2n) is 9.65. The van der Waals surface area contributed by atoms with E-state index in [2.05, 4.69) is 95.3 Å². The van der Waals surface area contributed by atoms with Crippen molar-refractivity contribution in [3.8, 4) is 83.0 Å². The predicted molar refractivity (Wildman–Crippen MR) is 162 cm³/mol. The first-order chi connectivity index (χ1) is 19.8. The molecule has 0 aliphatic heterocycles. The molecular formula is C36H42NNaO4. The van der Waals surface area contributed by atoms with E-state index < -0.39 is 29.3 Å². The van der Waals surface area contributed by atoms with Crippen LogP contribution in [0.1, 0.15) is 105 Å². The third-order valence-corrected chi connectivity index (χ3v) is 6.52. The van der Waals surface area contributed by atoms with Gasteiger partial charge < -0.3 is 14.6 Å². The van der Waals surface area contributed by atoms with Gasteiger partial charge in [0.2, 0.25) is 5.91 Å². The first-order valence-corrected chi connectivity index (χ1v) is 14.4. The number of carboxylic acid groups (broad SMARTS) is 1. The monoisotopic (exact) mass is 575 g/mol. The molecule has 0 aromatic carbocycles. The quantitative estimate of drug-likeness (QED) is 0.123. The van der Waals surface area contributed by atoms with Crippen LogP contribution in [0, 0.1) is 94.8 Å². The van der Waals surface area contributed by atoms with Crippen molar-refractivity contribution in [2.45, 2.75) is 111 Å². The van der Waals surface area contributed by atoms with Crippen LogP contribution >= 0.6 is 0 Å². The minimum atomic E-state index is -1.32. The van der Waals surface area contributed by atoms with Crippen molar-refractivity contribution in [1.82, 2.24) is 5.32 Å². The van der Waals surface area contributed by atoms with Crippen LogP contribution in [0.25, 0.3) is 0 Å². The Labute approximate surface area is 277 Å². The Morgan fingerprint density at radius 1 is 0.738 bits per heavy atom. The fourth-order valence-electron chi connectivity index (χ4n) is 4.05. The predicted octanol–water partition coefficient (Wildman–Crippen LogP) is 1.22. The third-order valence-electron chi connectivity index (χ3n) is 6.52. The van der Waals surface area contributed by atoms with E-state index in [1.807, 2.05) is 6.92 Å². The number of carbonyl (C=O) groups excluding carboxylic acids is 2. The third kappa shape index (κ3) is 20.7. The van der Waals surface area contributed by atoms with Crippen LogP contribution < -0.4 is 40.0 Å². The Balaban J connectivity index is 0. The van der Waals surface area contributed by atoms with E-state index in [0.29, 0.717) is 13.0 Å². The number of carboxylic acids is 1. The molecule has 0 spiro atoms. The maximum absolute atomic E-state index is 12.6. The maximum atomic E-state index is 12.6. The molecule has 0 heterocycles. The minimum absolute atomic E-state index is 0. The molecule has 1 N–H and O–H groups in total. The molecule has 5 nitrogen and oxygen atoms in total. The Bertz CT molecular complexity index is 1270. The normalized spacial score (nSPS) is 11.5. The molecule has 6 heteroatoms. The van der Waals surface area contributed by atoms with Crippen LogP contribution in [-0.4, -0.2) is 24.1 Å². The molecule has 0 aliphatic rings. The SMILES string of the molecule is CC#CC#CC#CC#CC#CC#CC#CNC(=O)C(C)C(C(=O)[O-])C(C)(CC)OCCCCCCCCCCCC.[Na+]. The minimum Gasteiger partial charge on any atom is -0.550 e. The summed E-state index contributed by atoms with van der Waals surface area (Å²) >= 11 is 0. The van der Waals surface area contributed by atoms with E-state index >= 15 is 0 Å². The maximum Gasteiger partial charge on any atom is 1.00 e. The molecule has 0 aromatic heterocycles. The number of aliphatic carboxylic acids is 1. The summed E-state index contributed by atoms with van der Waals surface area (Å²) in [5.41, 5.74) is -1.04. The molecule has 3 atom stereocenters. The summed E-state index contributed by atoms with van der Waals surface area (Å²) in [5, 5.41) is 14.5. The topological polar surface area (TPSA) is 78.5 Å². The molecule has 0 saturated heterocycles. The van der Waals surface area contributed by atoms with Gasteiger partial charge in [0.15, 0.2) is 0 Å². The van der Waals surface area contributed by atoms with Gasteiger partial charge in [-0.3, -0.25) is 10.1 Å². The summed E-state index contributed by atoms with van der Waals surface area (Å²) in [6.45, 7) is 9.46. The molecule has 0 aliphatic carbocycles. The summed E-state index contributed by atoms with van der Waals surface area (Å²) in [4.78, 5) is 24.7. The van der Waals surface area contributed by atoms with Gasteiger partial charge in [0.05, 0.1) is 5.60 Å². The second-order valence-corrected chi connectivity index (χ2v) is 9.65. The number of rotatable bonds is 17. The van der Waals surface area contributed by atoms with Gasteiger partial charge in [-0.1, -0.05) is 84.5 Å². The zero-order chi connectivity index (χ0) is 30.6. The summed E-state index contributed by atoms with van der Waals surface area (Å²) < 4.78 is 6.07. The molecular weight excluding hydrogens is 533 g/mol. The number of nitrogens with one attached hydrogen (secondary N) is 1. The van der Waals surface area contributed by atoms with E-state index in [0.717, 1.165) is 19.3 Å². The Morgan fingerprint density at radius 3 is 1.60 bits per heavy atom. The zero-order valence-corrected chi connectivity index (χ0v) is 28.3. The molecule has 0 rings (SSSR count). The van der Waals surface area contributed by atoms with Crippen LogP contribution in [-0.2, 0) is 14.3 Å². The van der Waals surface area contributed by atoms with E-state index in [1.54, 1.807) is 13.8 Å². The van der Waals surface area contributed by atoms with Crippen LogP contribution in [0.15, 0.2) is 0 Å². The Kier molecular flexibility index (Phi) is 27.3. The van der Waals surface area contributed by atoms with Gasteiger partial charge in [-0.2, -0.15) is 0 Å². The second kappa shape index (κ2) is 28.0. The molecule has 216 valence electrons. The molecule has 42 heavy (non-hydrogen) atoms. The van der Waals surface area contributed by atoms with Crippen LogP contribution in [0.3, 0.4) is 0 Å². The summed E-state index contributed by atoms with van der Waals surface area (Å²) in [5.74, 6) is 28.7. The van der Waals surface area contributed by atoms with Crippen LogP contribution in [0.4, 0.5) is 0 Å². The molecule has 1 amide bonds. The van der Waals surface area contributed by atoms with E-state index in [4.69, 9.17) is 4.74 Å². The summed E-state index contributed by atoms with van der Waals surface area (Å²) in [6.07, 6.45) is 12.4. The smallest absolute Gasteiger partial charge is 0.550 e. The van der Waals surface area contributed by atoms with Gasteiger partial charge in [0.1, 0.15) is 0 Å². The number of hydrogen-bond donors (Lipinski definition) is 1. The van der Waals surface area contributed by atoms with Gasteiger partial charge in [0, 0.05) is 66.0 Å². The standard InChI is InChI=1S/C36H43NO4.Na/c1-6-9-11-13-15-17-19-20-21-22-24-26-28-30-37-34(38)32(4)33(35(39)40)36(5,8-3)41-31-29-27-25-23-18-16-14-12-10-7-2;/h32-33H,7-8,10,12,14,16,18,23,25,27,29,31H2,1-5H3,(H,37,38)(H,39,40);/q;+1/p-1. The average Bonchev–Trinajstić information content (AvgIpc) is 2.95. The van der Waals surface area contributed by atoms with E-state index in [9.17, 15) is 14.7 Å². The van der Waals surface area contributed by atoms with Gasteiger partial charge in [0.25, 0.3) is 0 Å². The largest absolute Gasteiger partial charge is 1.00 e. The molecule has 0 radical (unpaired) electrons. The van der Waals surface area contributed by atoms with Crippen molar-refractivity contribution < 1.29 is 49.0 Å². The van der Waals surface area contributed by atoms with Crippen molar-refractivity contribution in [1.29, 1.82) is 0 Å². The molecule has 3 unspecified atom stereocenters. The van der Waals surface area contributed by atoms with E-state index in [-0.39, 0.29) is 29.6 Å². The van der Waals surface area contributed by atoms with Crippen molar-refractivity contribution in [2.75, 3.05) is 6.61 Å².